The molecule has 0 atom stereocenters. The summed E-state index contributed by atoms with van der Waals surface area (Å²) in [5, 5.41) is 3.30. The molecule has 0 unspecified atom stereocenters. The number of unbranched alkanes of at least 4 members (excludes halogenated alkanes) is 1. The van der Waals surface area contributed by atoms with Gasteiger partial charge in [-0.1, -0.05) is 12.1 Å². The molecule has 0 aliphatic heterocycles. The lowest BCUT2D eigenvalue weighted by molar-refractivity contribution is 0.0527. The summed E-state index contributed by atoms with van der Waals surface area (Å²) >= 11 is 1.86. The number of rotatable bonds is 8. The lowest BCUT2D eigenvalue weighted by Gasteiger charge is -2.10. The van der Waals surface area contributed by atoms with E-state index in [-0.39, 0.29) is 5.97 Å². The van der Waals surface area contributed by atoms with Crippen molar-refractivity contribution in [2.75, 3.05) is 30.5 Å². The van der Waals surface area contributed by atoms with Gasteiger partial charge in [-0.25, -0.2) is 4.79 Å². The molecule has 4 heteroatoms. The fourth-order valence-corrected chi connectivity index (χ4v) is 2.11. The highest BCUT2D eigenvalue weighted by molar-refractivity contribution is 7.98. The standard InChI is InChI=1S/C14H21NO2S/c1-3-17-14(16)12-8-4-5-9-13(12)15-10-6-7-11-18-2/h4-5,8-9,15H,3,6-7,10-11H2,1-2H3. The molecule has 1 aromatic carbocycles. The second kappa shape index (κ2) is 8.86. The first-order valence-corrected chi connectivity index (χ1v) is 7.68. The van der Waals surface area contributed by atoms with Gasteiger partial charge in [0.15, 0.2) is 0 Å². The summed E-state index contributed by atoms with van der Waals surface area (Å²) in [6, 6.07) is 7.49. The molecule has 3 nitrogen and oxygen atoms in total. The van der Waals surface area contributed by atoms with Crippen LogP contribution in [-0.2, 0) is 4.74 Å². The van der Waals surface area contributed by atoms with E-state index in [9.17, 15) is 4.79 Å². The Bertz CT molecular complexity index is 369. The van der Waals surface area contributed by atoms with Crippen LogP contribution in [0.5, 0.6) is 0 Å². The van der Waals surface area contributed by atoms with Crippen LogP contribution in [0.4, 0.5) is 5.69 Å². The van der Waals surface area contributed by atoms with Crippen LogP contribution in [-0.4, -0.2) is 31.1 Å². The van der Waals surface area contributed by atoms with Crippen LogP contribution < -0.4 is 5.32 Å². The average Bonchev–Trinajstić information content (AvgIpc) is 2.39. The molecule has 1 rings (SSSR count). The molecule has 0 saturated carbocycles. The normalized spacial score (nSPS) is 10.1. The van der Waals surface area contributed by atoms with Crippen molar-refractivity contribution in [3.63, 3.8) is 0 Å². The molecule has 0 radical (unpaired) electrons. The van der Waals surface area contributed by atoms with Gasteiger partial charge >= 0.3 is 5.97 Å². The minimum absolute atomic E-state index is 0.260. The van der Waals surface area contributed by atoms with E-state index in [4.69, 9.17) is 4.74 Å². The summed E-state index contributed by atoms with van der Waals surface area (Å²) < 4.78 is 5.03. The molecule has 0 aliphatic carbocycles. The number of benzene rings is 1. The zero-order chi connectivity index (χ0) is 13.2. The summed E-state index contributed by atoms with van der Waals surface area (Å²) in [5.41, 5.74) is 1.48. The Morgan fingerprint density at radius 1 is 1.33 bits per heavy atom. The minimum Gasteiger partial charge on any atom is -0.462 e. The van der Waals surface area contributed by atoms with Gasteiger partial charge in [0, 0.05) is 12.2 Å². The van der Waals surface area contributed by atoms with Gasteiger partial charge in [0.05, 0.1) is 12.2 Å². The Balaban J connectivity index is 2.51. The van der Waals surface area contributed by atoms with Gasteiger partial charge in [0.1, 0.15) is 0 Å². The van der Waals surface area contributed by atoms with E-state index >= 15 is 0 Å². The molecule has 0 heterocycles. The van der Waals surface area contributed by atoms with Gasteiger partial charge in [0.25, 0.3) is 0 Å². The molecule has 1 aromatic rings. The van der Waals surface area contributed by atoms with E-state index in [0.717, 1.165) is 18.7 Å². The zero-order valence-electron chi connectivity index (χ0n) is 11.1. The number of esters is 1. The highest BCUT2D eigenvalue weighted by Crippen LogP contribution is 2.16. The Hall–Kier alpha value is -1.16. The largest absolute Gasteiger partial charge is 0.462 e. The maximum Gasteiger partial charge on any atom is 0.340 e. The van der Waals surface area contributed by atoms with Crippen LogP contribution >= 0.6 is 11.8 Å². The number of para-hydroxylation sites is 1. The van der Waals surface area contributed by atoms with Crippen molar-refractivity contribution in [2.45, 2.75) is 19.8 Å². The number of carbonyl (C=O) groups is 1. The van der Waals surface area contributed by atoms with Crippen LogP contribution in [0.3, 0.4) is 0 Å². The van der Waals surface area contributed by atoms with Crippen molar-refractivity contribution in [2.24, 2.45) is 0 Å². The highest BCUT2D eigenvalue weighted by Gasteiger charge is 2.10. The van der Waals surface area contributed by atoms with Crippen LogP contribution in [0.25, 0.3) is 0 Å². The molecule has 100 valence electrons. The lowest BCUT2D eigenvalue weighted by Crippen LogP contribution is -2.10. The first-order chi connectivity index (χ1) is 8.79. The van der Waals surface area contributed by atoms with Crippen molar-refractivity contribution in [1.82, 2.24) is 0 Å². The molecule has 0 spiro atoms. The van der Waals surface area contributed by atoms with Crippen molar-refractivity contribution in [1.29, 1.82) is 0 Å². The number of nitrogens with one attached hydrogen (secondary N) is 1. The molecule has 0 aromatic heterocycles. The smallest absolute Gasteiger partial charge is 0.340 e. The number of anilines is 1. The van der Waals surface area contributed by atoms with Gasteiger partial charge in [-0.2, -0.15) is 11.8 Å². The molecule has 1 N–H and O–H groups in total. The van der Waals surface area contributed by atoms with Gasteiger partial charge in [-0.3, -0.25) is 0 Å². The van der Waals surface area contributed by atoms with E-state index in [1.807, 2.05) is 36.9 Å². The third-order valence-electron chi connectivity index (χ3n) is 2.51. The van der Waals surface area contributed by atoms with Crippen molar-refractivity contribution >= 4 is 23.4 Å². The minimum atomic E-state index is -0.260. The zero-order valence-corrected chi connectivity index (χ0v) is 11.9. The summed E-state index contributed by atoms with van der Waals surface area (Å²) in [6.07, 6.45) is 4.41. The third kappa shape index (κ3) is 5.00. The second-order valence-electron chi connectivity index (χ2n) is 3.89. The van der Waals surface area contributed by atoms with Crippen LogP contribution in [0, 0.1) is 0 Å². The Morgan fingerprint density at radius 3 is 2.83 bits per heavy atom. The van der Waals surface area contributed by atoms with E-state index in [1.54, 1.807) is 6.07 Å². The quantitative estimate of drug-likeness (QED) is 0.578. The molecule has 0 amide bonds. The van der Waals surface area contributed by atoms with Crippen molar-refractivity contribution < 1.29 is 9.53 Å². The summed E-state index contributed by atoms with van der Waals surface area (Å²) in [7, 11) is 0. The first kappa shape index (κ1) is 14.9. The Morgan fingerprint density at radius 2 is 2.11 bits per heavy atom. The summed E-state index contributed by atoms with van der Waals surface area (Å²) in [5.74, 6) is 0.922. The fourth-order valence-electron chi connectivity index (χ4n) is 1.62. The van der Waals surface area contributed by atoms with E-state index < -0.39 is 0 Å². The maximum absolute atomic E-state index is 11.7. The number of thioether (sulfide) groups is 1. The van der Waals surface area contributed by atoms with Gasteiger partial charge in [-0.15, -0.1) is 0 Å². The molecule has 18 heavy (non-hydrogen) atoms. The Kier molecular flexibility index (Phi) is 7.34. The average molecular weight is 267 g/mol. The number of ether oxygens (including phenoxy) is 1. The molecule has 0 aliphatic rings. The number of carbonyl (C=O) groups excluding carboxylic acids is 1. The Labute approximate surface area is 113 Å². The number of hydrogen-bond acceptors (Lipinski definition) is 4. The van der Waals surface area contributed by atoms with Gasteiger partial charge < -0.3 is 10.1 Å². The molecular weight excluding hydrogens is 246 g/mol. The SMILES string of the molecule is CCOC(=O)c1ccccc1NCCCCSC. The van der Waals surface area contributed by atoms with Crippen molar-refractivity contribution in [3.8, 4) is 0 Å². The molecule has 0 bridgehead atoms. The predicted molar refractivity (Wildman–Crippen MR) is 78.5 cm³/mol. The maximum atomic E-state index is 11.7. The van der Waals surface area contributed by atoms with Crippen LogP contribution in [0.2, 0.25) is 0 Å². The van der Waals surface area contributed by atoms with Crippen LogP contribution in [0.1, 0.15) is 30.1 Å². The van der Waals surface area contributed by atoms with Gasteiger partial charge in [-0.05, 0) is 43.9 Å². The van der Waals surface area contributed by atoms with Crippen LogP contribution in [0.15, 0.2) is 24.3 Å². The van der Waals surface area contributed by atoms with E-state index in [1.165, 1.54) is 12.2 Å². The topological polar surface area (TPSA) is 38.3 Å². The number of hydrogen-bond donors (Lipinski definition) is 1. The van der Waals surface area contributed by atoms with Gasteiger partial charge in [0.2, 0.25) is 0 Å². The van der Waals surface area contributed by atoms with Crippen molar-refractivity contribution in [3.05, 3.63) is 29.8 Å². The summed E-state index contributed by atoms with van der Waals surface area (Å²) in [4.78, 5) is 11.7. The third-order valence-corrected chi connectivity index (χ3v) is 3.21. The monoisotopic (exact) mass is 267 g/mol. The lowest BCUT2D eigenvalue weighted by atomic mass is 10.1. The summed E-state index contributed by atoms with van der Waals surface area (Å²) in [6.45, 7) is 3.11. The highest BCUT2D eigenvalue weighted by atomic mass is 32.2. The molecule has 0 saturated heterocycles. The van der Waals surface area contributed by atoms with E-state index in [0.29, 0.717) is 12.2 Å². The fraction of sp³-hybridized carbons (Fsp3) is 0.500. The second-order valence-corrected chi connectivity index (χ2v) is 4.88. The first-order valence-electron chi connectivity index (χ1n) is 6.28. The predicted octanol–water partition coefficient (Wildman–Crippen LogP) is 3.42. The molecular formula is C14H21NO2S. The van der Waals surface area contributed by atoms with E-state index in [2.05, 4.69) is 11.6 Å². The molecule has 0 fully saturated rings.